The molecule has 1 N–H and O–H groups in total. The molecule has 2 heterocycles. The summed E-state index contributed by atoms with van der Waals surface area (Å²) in [4.78, 5) is 2.64. The lowest BCUT2D eigenvalue weighted by Gasteiger charge is -2.52. The fourth-order valence-corrected chi connectivity index (χ4v) is 4.59. The van der Waals surface area contributed by atoms with E-state index in [1.807, 2.05) is 0 Å². The van der Waals surface area contributed by atoms with Gasteiger partial charge in [-0.15, -0.1) is 0 Å². The molecule has 4 nitrogen and oxygen atoms in total. The summed E-state index contributed by atoms with van der Waals surface area (Å²) in [6.45, 7) is 1.00. The van der Waals surface area contributed by atoms with Crippen LogP contribution in [0.15, 0.2) is 30.3 Å². The molecule has 2 saturated heterocycles. The molecule has 0 spiro atoms. The molecule has 134 valence electrons. The molecular formula is C20H31NO3. The van der Waals surface area contributed by atoms with Crippen LogP contribution in [0.1, 0.15) is 50.5 Å². The van der Waals surface area contributed by atoms with Gasteiger partial charge in [-0.25, -0.2) is 0 Å². The van der Waals surface area contributed by atoms with Gasteiger partial charge in [0.25, 0.3) is 0 Å². The highest BCUT2D eigenvalue weighted by Gasteiger charge is 2.45. The van der Waals surface area contributed by atoms with Crippen LogP contribution >= 0.6 is 0 Å². The van der Waals surface area contributed by atoms with E-state index < -0.39 is 5.60 Å². The molecule has 0 aromatic heterocycles. The summed E-state index contributed by atoms with van der Waals surface area (Å²) in [7, 11) is 3.32. The highest BCUT2D eigenvalue weighted by atomic mass is 16.7. The molecule has 0 aliphatic carbocycles. The Morgan fingerprint density at radius 1 is 1.12 bits per heavy atom. The second kappa shape index (κ2) is 7.96. The Kier molecular flexibility index (Phi) is 5.93. The quantitative estimate of drug-likeness (QED) is 0.777. The third kappa shape index (κ3) is 4.17. The Balaban J connectivity index is 1.64. The van der Waals surface area contributed by atoms with E-state index in [9.17, 15) is 5.11 Å². The predicted molar refractivity (Wildman–Crippen MR) is 94.6 cm³/mol. The smallest absolute Gasteiger partial charge is 0.156 e. The van der Waals surface area contributed by atoms with Crippen molar-refractivity contribution < 1.29 is 14.6 Å². The van der Waals surface area contributed by atoms with Crippen molar-refractivity contribution in [3.63, 3.8) is 0 Å². The summed E-state index contributed by atoms with van der Waals surface area (Å²) in [5.41, 5.74) is 0.803. The van der Waals surface area contributed by atoms with Crippen LogP contribution in [0, 0.1) is 0 Å². The normalized spacial score (nSPS) is 30.7. The first-order chi connectivity index (χ1) is 11.6. The maximum Gasteiger partial charge on any atom is 0.156 e. The van der Waals surface area contributed by atoms with Gasteiger partial charge in [-0.3, -0.25) is 4.90 Å². The molecule has 2 aliphatic rings. The average Bonchev–Trinajstić information content (AvgIpc) is 2.58. The van der Waals surface area contributed by atoms with Gasteiger partial charge in [-0.1, -0.05) is 36.8 Å². The molecule has 2 unspecified atom stereocenters. The molecule has 2 aliphatic heterocycles. The fraction of sp³-hybridized carbons (Fsp3) is 0.700. The lowest BCUT2D eigenvalue weighted by atomic mass is 9.73. The Morgan fingerprint density at radius 2 is 1.75 bits per heavy atom. The van der Waals surface area contributed by atoms with E-state index >= 15 is 0 Å². The van der Waals surface area contributed by atoms with E-state index in [-0.39, 0.29) is 6.29 Å². The minimum atomic E-state index is -0.571. The van der Waals surface area contributed by atoms with Gasteiger partial charge in [-0.2, -0.15) is 0 Å². The molecule has 0 radical (unpaired) electrons. The molecule has 2 bridgehead atoms. The van der Waals surface area contributed by atoms with Gasteiger partial charge in [0.15, 0.2) is 6.29 Å². The van der Waals surface area contributed by atoms with Crippen LogP contribution in [0.4, 0.5) is 0 Å². The predicted octanol–water partition coefficient (Wildman–Crippen LogP) is 3.33. The largest absolute Gasteiger partial charge is 0.390 e. The molecule has 0 saturated carbocycles. The lowest BCUT2D eigenvalue weighted by Crippen LogP contribution is -2.57. The molecule has 2 fully saturated rings. The van der Waals surface area contributed by atoms with Crippen LogP contribution in [0.3, 0.4) is 0 Å². The lowest BCUT2D eigenvalue weighted by molar-refractivity contribution is -0.136. The first-order valence-corrected chi connectivity index (χ1v) is 9.21. The molecule has 0 amide bonds. The van der Waals surface area contributed by atoms with Crippen LogP contribution in [0.25, 0.3) is 0 Å². The topological polar surface area (TPSA) is 41.9 Å². The molecule has 2 atom stereocenters. The number of hydrogen-bond donors (Lipinski definition) is 1. The van der Waals surface area contributed by atoms with Crippen LogP contribution < -0.4 is 0 Å². The van der Waals surface area contributed by atoms with Crippen LogP contribution in [-0.4, -0.2) is 48.2 Å². The van der Waals surface area contributed by atoms with Crippen molar-refractivity contribution in [3.05, 3.63) is 35.9 Å². The van der Waals surface area contributed by atoms with Crippen LogP contribution in [0.5, 0.6) is 0 Å². The second-order valence-electron chi connectivity index (χ2n) is 7.47. The van der Waals surface area contributed by atoms with Crippen molar-refractivity contribution in [2.45, 2.75) is 75.5 Å². The third-order valence-corrected chi connectivity index (χ3v) is 5.82. The number of aliphatic hydroxyl groups is 1. The van der Waals surface area contributed by atoms with Gasteiger partial charge >= 0.3 is 0 Å². The van der Waals surface area contributed by atoms with Crippen LogP contribution in [0.2, 0.25) is 0 Å². The Labute approximate surface area is 145 Å². The van der Waals surface area contributed by atoms with E-state index in [0.29, 0.717) is 12.1 Å². The summed E-state index contributed by atoms with van der Waals surface area (Å²) >= 11 is 0. The summed E-state index contributed by atoms with van der Waals surface area (Å²) in [5.74, 6) is 0. The van der Waals surface area contributed by atoms with Crippen molar-refractivity contribution in [1.29, 1.82) is 0 Å². The molecule has 1 aromatic rings. The number of piperidine rings is 2. The molecule has 24 heavy (non-hydrogen) atoms. The standard InChI is InChI=1S/C20H31NO3/c1-23-19(24-2)11-12-20(22)13-17-9-6-10-18(14-20)21(17)15-16-7-4-3-5-8-16/h3-5,7-8,17-19,22H,6,9-15H2,1-2H3. The third-order valence-electron chi connectivity index (χ3n) is 5.82. The Bertz CT molecular complexity index is 489. The minimum Gasteiger partial charge on any atom is -0.390 e. The van der Waals surface area contributed by atoms with Crippen LogP contribution in [-0.2, 0) is 16.0 Å². The minimum absolute atomic E-state index is 0.212. The van der Waals surface area contributed by atoms with Crippen molar-refractivity contribution in [3.8, 4) is 0 Å². The van der Waals surface area contributed by atoms with E-state index in [0.717, 1.165) is 32.2 Å². The van der Waals surface area contributed by atoms with Gasteiger partial charge in [0.2, 0.25) is 0 Å². The van der Waals surface area contributed by atoms with Gasteiger partial charge in [0.1, 0.15) is 0 Å². The van der Waals surface area contributed by atoms with Crippen molar-refractivity contribution in [1.82, 2.24) is 4.90 Å². The number of rotatable bonds is 7. The summed E-state index contributed by atoms with van der Waals surface area (Å²) in [6.07, 6.45) is 6.72. The zero-order valence-electron chi connectivity index (χ0n) is 15.0. The summed E-state index contributed by atoms with van der Waals surface area (Å²) in [5, 5.41) is 11.2. The number of hydrogen-bond acceptors (Lipinski definition) is 4. The van der Waals surface area contributed by atoms with E-state index in [4.69, 9.17) is 9.47 Å². The van der Waals surface area contributed by atoms with Crippen molar-refractivity contribution >= 4 is 0 Å². The van der Waals surface area contributed by atoms with Crippen molar-refractivity contribution in [2.24, 2.45) is 0 Å². The zero-order valence-corrected chi connectivity index (χ0v) is 15.0. The Morgan fingerprint density at radius 3 is 2.33 bits per heavy atom. The van der Waals surface area contributed by atoms with Gasteiger partial charge < -0.3 is 14.6 Å². The van der Waals surface area contributed by atoms with E-state index in [1.165, 1.54) is 24.8 Å². The Hall–Kier alpha value is -0.940. The molecule has 1 aromatic carbocycles. The molecule has 4 heteroatoms. The van der Waals surface area contributed by atoms with Gasteiger partial charge in [-0.05, 0) is 37.7 Å². The van der Waals surface area contributed by atoms with E-state index in [1.54, 1.807) is 14.2 Å². The summed E-state index contributed by atoms with van der Waals surface area (Å²) in [6, 6.07) is 11.7. The first-order valence-electron chi connectivity index (χ1n) is 9.21. The maximum absolute atomic E-state index is 11.2. The number of nitrogens with zero attached hydrogens (tertiary/aromatic N) is 1. The van der Waals surface area contributed by atoms with Gasteiger partial charge in [0.05, 0.1) is 5.60 Å². The highest BCUT2D eigenvalue weighted by molar-refractivity contribution is 5.15. The first kappa shape index (κ1) is 17.9. The maximum atomic E-state index is 11.2. The molecular weight excluding hydrogens is 302 g/mol. The highest BCUT2D eigenvalue weighted by Crippen LogP contribution is 2.42. The number of fused-ring (bicyclic) bond motifs is 2. The number of methoxy groups -OCH3 is 2. The summed E-state index contributed by atoms with van der Waals surface area (Å²) < 4.78 is 10.6. The number of ether oxygens (including phenoxy) is 2. The van der Waals surface area contributed by atoms with Gasteiger partial charge in [0, 0.05) is 39.3 Å². The second-order valence-corrected chi connectivity index (χ2v) is 7.47. The van der Waals surface area contributed by atoms with Crippen molar-refractivity contribution in [2.75, 3.05) is 14.2 Å². The number of benzene rings is 1. The zero-order chi connectivity index (χ0) is 17.0. The SMILES string of the molecule is COC(CCC1(O)CC2CCCC(C1)N2Cc1ccccc1)OC. The monoisotopic (exact) mass is 333 g/mol. The molecule has 3 rings (SSSR count). The average molecular weight is 333 g/mol. The fourth-order valence-electron chi connectivity index (χ4n) is 4.59. The van der Waals surface area contributed by atoms with E-state index in [2.05, 4.69) is 35.2 Å².